The van der Waals surface area contributed by atoms with Crippen LogP contribution in [0.2, 0.25) is 0 Å². The average Bonchev–Trinajstić information content (AvgIpc) is 3.16. The number of nitrogens with zero attached hydrogens (tertiary/aromatic N) is 1. The number of rotatable bonds is 8. The van der Waals surface area contributed by atoms with Gasteiger partial charge in [0.2, 0.25) is 5.91 Å². The second-order valence-electron chi connectivity index (χ2n) is 6.82. The van der Waals surface area contributed by atoms with Gasteiger partial charge in [-0.25, -0.2) is 4.79 Å². The van der Waals surface area contributed by atoms with Crippen molar-refractivity contribution in [3.8, 4) is 11.5 Å². The molecule has 1 aromatic rings. The first-order chi connectivity index (χ1) is 13.0. The second-order valence-corrected chi connectivity index (χ2v) is 6.82. The van der Waals surface area contributed by atoms with Crippen LogP contribution in [0.3, 0.4) is 0 Å². The van der Waals surface area contributed by atoms with Crippen LogP contribution < -0.4 is 20.1 Å². The summed E-state index contributed by atoms with van der Waals surface area (Å²) >= 11 is 0. The number of likely N-dealkylation sites (tertiary alicyclic amines) is 1. The molecule has 0 aliphatic carbocycles. The Kier molecular flexibility index (Phi) is 7.76. The van der Waals surface area contributed by atoms with Gasteiger partial charge in [0.1, 0.15) is 11.5 Å². The van der Waals surface area contributed by atoms with Crippen LogP contribution in [0.5, 0.6) is 11.5 Å². The smallest absolute Gasteiger partial charge is 0.317 e. The molecule has 2 atom stereocenters. The highest BCUT2D eigenvalue weighted by molar-refractivity contribution is 5.78. The monoisotopic (exact) mass is 377 g/mol. The molecule has 2 rings (SSSR count). The first kappa shape index (κ1) is 20.9. The number of carbonyl (C=O) groups is 2. The zero-order valence-electron chi connectivity index (χ0n) is 16.7. The summed E-state index contributed by atoms with van der Waals surface area (Å²) in [5.74, 6) is 1.39. The van der Waals surface area contributed by atoms with Gasteiger partial charge in [-0.2, -0.15) is 0 Å². The third kappa shape index (κ3) is 5.52. The van der Waals surface area contributed by atoms with Crippen LogP contribution in [-0.2, 0) is 4.79 Å². The highest BCUT2D eigenvalue weighted by Crippen LogP contribution is 2.38. The van der Waals surface area contributed by atoms with E-state index in [0.717, 1.165) is 30.6 Å². The molecule has 1 heterocycles. The van der Waals surface area contributed by atoms with Gasteiger partial charge in [0.05, 0.1) is 20.3 Å². The molecule has 2 unspecified atom stereocenters. The van der Waals surface area contributed by atoms with Gasteiger partial charge in [-0.3, -0.25) is 4.79 Å². The maximum atomic E-state index is 12.6. The summed E-state index contributed by atoms with van der Waals surface area (Å²) in [6, 6.07) is 5.63. The lowest BCUT2D eigenvalue weighted by Gasteiger charge is -2.26. The summed E-state index contributed by atoms with van der Waals surface area (Å²) in [6.07, 6.45) is 2.98. The fourth-order valence-electron chi connectivity index (χ4n) is 3.26. The molecule has 7 nitrogen and oxygen atoms in total. The number of methoxy groups -OCH3 is 2. The first-order valence-corrected chi connectivity index (χ1v) is 9.55. The molecule has 27 heavy (non-hydrogen) atoms. The largest absolute Gasteiger partial charge is 0.497 e. The third-order valence-electron chi connectivity index (χ3n) is 4.96. The zero-order valence-corrected chi connectivity index (χ0v) is 16.7. The number of ether oxygens (including phenoxy) is 2. The number of hydrogen-bond donors (Lipinski definition) is 2. The van der Waals surface area contributed by atoms with E-state index in [9.17, 15) is 9.59 Å². The first-order valence-electron chi connectivity index (χ1n) is 9.55. The fraction of sp³-hybridized carbons (Fsp3) is 0.600. The van der Waals surface area contributed by atoms with E-state index in [1.165, 1.54) is 0 Å². The van der Waals surface area contributed by atoms with Gasteiger partial charge in [0.15, 0.2) is 0 Å². The Morgan fingerprint density at radius 1 is 1.30 bits per heavy atom. The molecule has 7 heteroatoms. The van der Waals surface area contributed by atoms with E-state index < -0.39 is 0 Å². The van der Waals surface area contributed by atoms with Crippen molar-refractivity contribution in [1.82, 2.24) is 15.5 Å². The summed E-state index contributed by atoms with van der Waals surface area (Å²) in [5.41, 5.74) is 0.973. The highest BCUT2D eigenvalue weighted by Gasteiger charge is 2.32. The Hall–Kier alpha value is -2.44. The van der Waals surface area contributed by atoms with Crippen molar-refractivity contribution < 1.29 is 19.1 Å². The number of nitrogens with one attached hydrogen (secondary N) is 2. The molecular weight excluding hydrogens is 346 g/mol. The van der Waals surface area contributed by atoms with Gasteiger partial charge in [0, 0.05) is 37.2 Å². The van der Waals surface area contributed by atoms with E-state index in [1.54, 1.807) is 14.2 Å². The summed E-state index contributed by atoms with van der Waals surface area (Å²) < 4.78 is 10.7. The Morgan fingerprint density at radius 2 is 2.07 bits per heavy atom. The SMILES string of the molecule is CCC(C)NC(=O)CCNC(=O)N1CCCC1c1ccc(OC)cc1OC. The van der Waals surface area contributed by atoms with E-state index in [1.807, 2.05) is 36.9 Å². The topological polar surface area (TPSA) is 79.9 Å². The van der Waals surface area contributed by atoms with E-state index in [2.05, 4.69) is 10.6 Å². The quantitative estimate of drug-likeness (QED) is 0.730. The average molecular weight is 377 g/mol. The molecule has 0 aromatic heterocycles. The Labute approximate surface area is 161 Å². The Morgan fingerprint density at radius 3 is 2.74 bits per heavy atom. The van der Waals surface area contributed by atoms with Crippen molar-refractivity contribution in [1.29, 1.82) is 0 Å². The Bertz CT molecular complexity index is 650. The lowest BCUT2D eigenvalue weighted by Crippen LogP contribution is -2.41. The van der Waals surface area contributed by atoms with Crippen LogP contribution >= 0.6 is 0 Å². The van der Waals surface area contributed by atoms with E-state index in [-0.39, 0.29) is 30.4 Å². The van der Waals surface area contributed by atoms with Gasteiger partial charge in [0.25, 0.3) is 0 Å². The molecule has 2 N–H and O–H groups in total. The number of benzene rings is 1. The van der Waals surface area contributed by atoms with Crippen LogP contribution in [0, 0.1) is 0 Å². The third-order valence-corrected chi connectivity index (χ3v) is 4.96. The molecule has 3 amide bonds. The predicted molar refractivity (Wildman–Crippen MR) is 104 cm³/mol. The maximum absolute atomic E-state index is 12.6. The standard InChI is InChI=1S/C20H31N3O4/c1-5-14(2)22-19(24)10-11-21-20(25)23-12-6-7-17(23)16-9-8-15(26-3)13-18(16)27-4/h8-9,13-14,17H,5-7,10-12H2,1-4H3,(H,21,25)(H,22,24). The molecule has 150 valence electrons. The molecule has 0 radical (unpaired) electrons. The second kappa shape index (κ2) is 10.0. The lowest BCUT2D eigenvalue weighted by atomic mass is 10.0. The molecule has 1 saturated heterocycles. The van der Waals surface area contributed by atoms with Gasteiger partial charge < -0.3 is 25.0 Å². The number of urea groups is 1. The lowest BCUT2D eigenvalue weighted by molar-refractivity contribution is -0.121. The summed E-state index contributed by atoms with van der Waals surface area (Å²) in [4.78, 5) is 26.3. The van der Waals surface area contributed by atoms with Crippen LogP contribution in [0.1, 0.15) is 51.1 Å². The minimum absolute atomic E-state index is 0.0419. The summed E-state index contributed by atoms with van der Waals surface area (Å²) in [5, 5.41) is 5.77. The van der Waals surface area contributed by atoms with Crippen molar-refractivity contribution in [2.75, 3.05) is 27.3 Å². The number of amides is 3. The fourth-order valence-corrected chi connectivity index (χ4v) is 3.26. The van der Waals surface area contributed by atoms with Gasteiger partial charge in [-0.1, -0.05) is 6.92 Å². The summed E-state index contributed by atoms with van der Waals surface area (Å²) in [7, 11) is 3.23. The van der Waals surface area contributed by atoms with Crippen molar-refractivity contribution in [2.45, 2.75) is 51.6 Å². The minimum atomic E-state index is -0.147. The van der Waals surface area contributed by atoms with Crippen LogP contribution in [0.25, 0.3) is 0 Å². The van der Waals surface area contributed by atoms with E-state index in [0.29, 0.717) is 18.8 Å². The van der Waals surface area contributed by atoms with Gasteiger partial charge in [-0.05, 0) is 38.3 Å². The van der Waals surface area contributed by atoms with E-state index >= 15 is 0 Å². The molecular formula is C20H31N3O4. The minimum Gasteiger partial charge on any atom is -0.497 e. The van der Waals surface area contributed by atoms with Crippen molar-refractivity contribution in [3.63, 3.8) is 0 Å². The Balaban J connectivity index is 1.95. The molecule has 0 bridgehead atoms. The summed E-state index contributed by atoms with van der Waals surface area (Å²) in [6.45, 7) is 5.00. The van der Waals surface area contributed by atoms with Crippen LogP contribution in [-0.4, -0.2) is 50.2 Å². The normalized spacial score (nSPS) is 17.3. The molecule has 1 aliphatic rings. The molecule has 1 fully saturated rings. The van der Waals surface area contributed by atoms with Crippen LogP contribution in [0.15, 0.2) is 18.2 Å². The van der Waals surface area contributed by atoms with Gasteiger partial charge in [-0.15, -0.1) is 0 Å². The number of carbonyl (C=O) groups excluding carboxylic acids is 2. The predicted octanol–water partition coefficient (Wildman–Crippen LogP) is 2.86. The molecule has 1 aromatic carbocycles. The van der Waals surface area contributed by atoms with E-state index in [4.69, 9.17) is 9.47 Å². The van der Waals surface area contributed by atoms with Crippen molar-refractivity contribution in [3.05, 3.63) is 23.8 Å². The van der Waals surface area contributed by atoms with Crippen LogP contribution in [0.4, 0.5) is 4.79 Å². The molecule has 0 saturated carbocycles. The number of hydrogen-bond acceptors (Lipinski definition) is 4. The molecule has 0 spiro atoms. The highest BCUT2D eigenvalue weighted by atomic mass is 16.5. The molecule has 1 aliphatic heterocycles. The van der Waals surface area contributed by atoms with Crippen molar-refractivity contribution in [2.24, 2.45) is 0 Å². The van der Waals surface area contributed by atoms with Gasteiger partial charge >= 0.3 is 6.03 Å². The van der Waals surface area contributed by atoms with Crippen molar-refractivity contribution >= 4 is 11.9 Å². The zero-order chi connectivity index (χ0) is 19.8. The maximum Gasteiger partial charge on any atom is 0.317 e.